The van der Waals surface area contributed by atoms with Crippen LogP contribution in [0, 0.1) is 11.6 Å². The van der Waals surface area contributed by atoms with Gasteiger partial charge in [0.2, 0.25) is 0 Å². The number of hydrogen-bond donors (Lipinski definition) is 0. The first-order valence-electron chi connectivity index (χ1n) is 5.13. The summed E-state index contributed by atoms with van der Waals surface area (Å²) in [5.74, 6) is -1.19. The molecule has 0 aliphatic carbocycles. The molecule has 0 aliphatic rings. The molecule has 0 aliphatic heterocycles. The number of halogens is 2. The Bertz CT molecular complexity index is 337. The molecule has 0 amide bonds. The van der Waals surface area contributed by atoms with Crippen molar-refractivity contribution in [3.8, 4) is 5.75 Å². The Morgan fingerprint density at radius 2 is 2.00 bits per heavy atom. The van der Waals surface area contributed by atoms with E-state index in [0.29, 0.717) is 11.3 Å². The van der Waals surface area contributed by atoms with Gasteiger partial charge in [0, 0.05) is 5.56 Å². The molecule has 0 saturated heterocycles. The zero-order valence-corrected chi connectivity index (χ0v) is 9.31. The minimum Gasteiger partial charge on any atom is -0.496 e. The van der Waals surface area contributed by atoms with Gasteiger partial charge in [0.05, 0.1) is 7.11 Å². The lowest BCUT2D eigenvalue weighted by atomic mass is 9.95. The quantitative estimate of drug-likeness (QED) is 0.739. The van der Waals surface area contributed by atoms with Crippen LogP contribution in [0.25, 0.3) is 0 Å². The van der Waals surface area contributed by atoms with Crippen LogP contribution in [-0.4, -0.2) is 7.11 Å². The number of rotatable bonds is 4. The van der Waals surface area contributed by atoms with E-state index in [1.54, 1.807) is 0 Å². The lowest BCUT2D eigenvalue weighted by Gasteiger charge is -2.16. The summed E-state index contributed by atoms with van der Waals surface area (Å²) >= 11 is 0. The second kappa shape index (κ2) is 5.10. The number of benzene rings is 1. The SMILES string of the molecule is CCCC(C)c1c(OC)ccc(F)c1F. The molecular formula is C12H16F2O. The predicted molar refractivity (Wildman–Crippen MR) is 56.2 cm³/mol. The maximum atomic E-state index is 13.6. The van der Waals surface area contributed by atoms with E-state index in [4.69, 9.17) is 4.74 Å². The van der Waals surface area contributed by atoms with Gasteiger partial charge >= 0.3 is 0 Å². The molecule has 0 saturated carbocycles. The second-order valence-electron chi connectivity index (χ2n) is 3.67. The standard InChI is InChI=1S/C12H16F2O/c1-4-5-8(2)11-10(15-3)7-6-9(13)12(11)14/h6-8H,4-5H2,1-3H3. The van der Waals surface area contributed by atoms with Crippen molar-refractivity contribution in [2.24, 2.45) is 0 Å². The maximum absolute atomic E-state index is 13.6. The van der Waals surface area contributed by atoms with E-state index in [2.05, 4.69) is 0 Å². The molecule has 0 aromatic heterocycles. The van der Waals surface area contributed by atoms with Gasteiger partial charge in [0.25, 0.3) is 0 Å². The summed E-state index contributed by atoms with van der Waals surface area (Å²) < 4.78 is 31.7. The number of methoxy groups -OCH3 is 1. The maximum Gasteiger partial charge on any atom is 0.165 e. The largest absolute Gasteiger partial charge is 0.496 e. The second-order valence-corrected chi connectivity index (χ2v) is 3.67. The minimum atomic E-state index is -0.811. The van der Waals surface area contributed by atoms with Crippen molar-refractivity contribution in [2.75, 3.05) is 7.11 Å². The van der Waals surface area contributed by atoms with E-state index in [1.807, 2.05) is 13.8 Å². The van der Waals surface area contributed by atoms with Gasteiger partial charge in [-0.25, -0.2) is 8.78 Å². The van der Waals surface area contributed by atoms with Crippen molar-refractivity contribution in [3.05, 3.63) is 29.3 Å². The van der Waals surface area contributed by atoms with Gasteiger partial charge < -0.3 is 4.74 Å². The predicted octanol–water partition coefficient (Wildman–Crippen LogP) is 3.88. The van der Waals surface area contributed by atoms with Gasteiger partial charge in [-0.2, -0.15) is 0 Å². The lowest BCUT2D eigenvalue weighted by Crippen LogP contribution is -2.03. The van der Waals surface area contributed by atoms with Crippen molar-refractivity contribution in [2.45, 2.75) is 32.6 Å². The normalized spacial score (nSPS) is 12.6. The van der Waals surface area contributed by atoms with Gasteiger partial charge in [-0.15, -0.1) is 0 Å². The smallest absolute Gasteiger partial charge is 0.165 e. The van der Waals surface area contributed by atoms with E-state index in [1.165, 1.54) is 13.2 Å². The van der Waals surface area contributed by atoms with Crippen LogP contribution < -0.4 is 4.74 Å². The third kappa shape index (κ3) is 2.46. The Morgan fingerprint density at radius 1 is 1.33 bits per heavy atom. The molecular weight excluding hydrogens is 198 g/mol. The Morgan fingerprint density at radius 3 is 2.53 bits per heavy atom. The van der Waals surface area contributed by atoms with Gasteiger partial charge in [-0.05, 0) is 24.5 Å². The van der Waals surface area contributed by atoms with E-state index in [0.717, 1.165) is 18.9 Å². The summed E-state index contributed by atoms with van der Waals surface area (Å²) in [7, 11) is 1.47. The zero-order valence-electron chi connectivity index (χ0n) is 9.31. The fraction of sp³-hybridized carbons (Fsp3) is 0.500. The first-order chi connectivity index (χ1) is 7.11. The van der Waals surface area contributed by atoms with Crippen LogP contribution in [0.1, 0.15) is 38.2 Å². The lowest BCUT2D eigenvalue weighted by molar-refractivity contribution is 0.391. The van der Waals surface area contributed by atoms with E-state index in [9.17, 15) is 8.78 Å². The summed E-state index contributed by atoms with van der Waals surface area (Å²) in [6.07, 6.45) is 1.75. The van der Waals surface area contributed by atoms with Crippen molar-refractivity contribution in [1.82, 2.24) is 0 Å². The molecule has 0 spiro atoms. The fourth-order valence-corrected chi connectivity index (χ4v) is 1.76. The van der Waals surface area contributed by atoms with Crippen LogP contribution in [0.3, 0.4) is 0 Å². The van der Waals surface area contributed by atoms with Crippen LogP contribution in [0.15, 0.2) is 12.1 Å². The number of ether oxygens (including phenoxy) is 1. The fourth-order valence-electron chi connectivity index (χ4n) is 1.76. The van der Waals surface area contributed by atoms with Crippen LogP contribution in [0.2, 0.25) is 0 Å². The van der Waals surface area contributed by atoms with E-state index in [-0.39, 0.29) is 5.92 Å². The molecule has 1 rings (SSSR count). The van der Waals surface area contributed by atoms with Crippen LogP contribution in [0.4, 0.5) is 8.78 Å². The Balaban J connectivity index is 3.17. The summed E-state index contributed by atoms with van der Waals surface area (Å²) in [6.45, 7) is 3.89. The zero-order chi connectivity index (χ0) is 11.4. The monoisotopic (exact) mass is 214 g/mol. The van der Waals surface area contributed by atoms with Gasteiger partial charge in [0.1, 0.15) is 5.75 Å². The molecule has 1 atom stereocenters. The molecule has 3 heteroatoms. The Kier molecular flexibility index (Phi) is 4.06. The van der Waals surface area contributed by atoms with Gasteiger partial charge in [0.15, 0.2) is 11.6 Å². The highest BCUT2D eigenvalue weighted by molar-refractivity contribution is 5.37. The molecule has 0 heterocycles. The first-order valence-corrected chi connectivity index (χ1v) is 5.13. The molecule has 1 nitrogen and oxygen atoms in total. The summed E-state index contributed by atoms with van der Waals surface area (Å²) in [6, 6.07) is 2.57. The van der Waals surface area contributed by atoms with Crippen LogP contribution >= 0.6 is 0 Å². The van der Waals surface area contributed by atoms with Crippen LogP contribution in [0.5, 0.6) is 5.75 Å². The molecule has 1 unspecified atom stereocenters. The van der Waals surface area contributed by atoms with Crippen molar-refractivity contribution >= 4 is 0 Å². The summed E-state index contributed by atoms with van der Waals surface area (Å²) in [4.78, 5) is 0. The minimum absolute atomic E-state index is 0.0272. The molecule has 0 fully saturated rings. The number of hydrogen-bond acceptors (Lipinski definition) is 1. The molecule has 0 N–H and O–H groups in total. The van der Waals surface area contributed by atoms with Crippen molar-refractivity contribution < 1.29 is 13.5 Å². The first kappa shape index (κ1) is 12.0. The average Bonchev–Trinajstić information content (AvgIpc) is 2.22. The van der Waals surface area contributed by atoms with Crippen LogP contribution in [-0.2, 0) is 0 Å². The van der Waals surface area contributed by atoms with Crippen molar-refractivity contribution in [3.63, 3.8) is 0 Å². The Labute approximate surface area is 89.1 Å². The third-order valence-corrected chi connectivity index (χ3v) is 2.53. The van der Waals surface area contributed by atoms with Crippen molar-refractivity contribution in [1.29, 1.82) is 0 Å². The highest BCUT2D eigenvalue weighted by Crippen LogP contribution is 2.32. The highest BCUT2D eigenvalue weighted by Gasteiger charge is 2.19. The molecule has 15 heavy (non-hydrogen) atoms. The molecule has 0 bridgehead atoms. The summed E-state index contributed by atoms with van der Waals surface area (Å²) in [5, 5.41) is 0. The van der Waals surface area contributed by atoms with E-state index < -0.39 is 11.6 Å². The molecule has 1 aromatic rings. The van der Waals surface area contributed by atoms with Gasteiger partial charge in [-0.1, -0.05) is 20.3 Å². The van der Waals surface area contributed by atoms with Gasteiger partial charge in [-0.3, -0.25) is 0 Å². The third-order valence-electron chi connectivity index (χ3n) is 2.53. The molecule has 0 radical (unpaired) electrons. The highest BCUT2D eigenvalue weighted by atomic mass is 19.2. The average molecular weight is 214 g/mol. The molecule has 1 aromatic carbocycles. The Hall–Kier alpha value is -1.12. The van der Waals surface area contributed by atoms with E-state index >= 15 is 0 Å². The summed E-state index contributed by atoms with van der Waals surface area (Å²) in [5.41, 5.74) is 0.347. The topological polar surface area (TPSA) is 9.23 Å². The molecule has 84 valence electrons.